The molecule has 0 radical (unpaired) electrons. The van der Waals surface area contributed by atoms with Crippen LogP contribution >= 0.6 is 15.9 Å². The Balaban J connectivity index is 1.67. The van der Waals surface area contributed by atoms with Gasteiger partial charge in [0.25, 0.3) is 0 Å². The Labute approximate surface area is 127 Å². The summed E-state index contributed by atoms with van der Waals surface area (Å²) in [5.74, 6) is 0.935. The molecule has 1 aromatic carbocycles. The molecule has 1 fully saturated rings. The predicted molar refractivity (Wildman–Crippen MR) is 82.6 cm³/mol. The van der Waals surface area contributed by atoms with E-state index in [9.17, 15) is 0 Å². The molecule has 1 heterocycles. The van der Waals surface area contributed by atoms with Crippen molar-refractivity contribution in [3.05, 3.63) is 58.3 Å². The van der Waals surface area contributed by atoms with Gasteiger partial charge in [-0.15, -0.1) is 0 Å². The van der Waals surface area contributed by atoms with E-state index in [-0.39, 0.29) is 0 Å². The number of nitrogens with zero attached hydrogens (tertiary/aromatic N) is 1. The zero-order valence-corrected chi connectivity index (χ0v) is 12.8. The second kappa shape index (κ2) is 6.37. The van der Waals surface area contributed by atoms with Crippen LogP contribution in [0.1, 0.15) is 24.0 Å². The molecule has 2 aromatic rings. The Morgan fingerprint density at radius 2 is 2.20 bits per heavy atom. The molecule has 0 saturated heterocycles. The minimum absolute atomic E-state index is 0.548. The first-order valence-electron chi connectivity index (χ1n) is 6.85. The number of rotatable bonds is 6. The van der Waals surface area contributed by atoms with Crippen molar-refractivity contribution in [1.29, 1.82) is 0 Å². The number of nitrogens with one attached hydrogen (secondary N) is 1. The third kappa shape index (κ3) is 3.81. The molecule has 1 aromatic heterocycles. The van der Waals surface area contributed by atoms with Crippen LogP contribution in [-0.4, -0.2) is 11.0 Å². The first kappa shape index (κ1) is 13.6. The molecule has 1 aliphatic rings. The van der Waals surface area contributed by atoms with E-state index in [1.165, 1.54) is 18.4 Å². The Morgan fingerprint density at radius 3 is 2.95 bits per heavy atom. The van der Waals surface area contributed by atoms with Crippen LogP contribution in [0.4, 0.5) is 0 Å². The van der Waals surface area contributed by atoms with Crippen LogP contribution in [0, 0.1) is 0 Å². The average Bonchev–Trinajstić information content (AvgIpc) is 3.29. The molecule has 0 amide bonds. The number of halogens is 1. The summed E-state index contributed by atoms with van der Waals surface area (Å²) in [5.41, 5.74) is 2.27. The lowest BCUT2D eigenvalue weighted by atomic mass is 10.2. The zero-order valence-electron chi connectivity index (χ0n) is 11.2. The highest BCUT2D eigenvalue weighted by molar-refractivity contribution is 9.10. The fourth-order valence-corrected chi connectivity index (χ4v) is 2.42. The second-order valence-electron chi connectivity index (χ2n) is 5.06. The molecular formula is C16H17BrN2O. The van der Waals surface area contributed by atoms with Gasteiger partial charge in [0.2, 0.25) is 0 Å². The first-order valence-corrected chi connectivity index (χ1v) is 7.64. The largest absolute Gasteiger partial charge is 0.489 e. The van der Waals surface area contributed by atoms with Crippen LogP contribution in [0.3, 0.4) is 0 Å². The topological polar surface area (TPSA) is 34.1 Å². The molecule has 1 saturated carbocycles. The van der Waals surface area contributed by atoms with Gasteiger partial charge >= 0.3 is 0 Å². The van der Waals surface area contributed by atoms with Crippen molar-refractivity contribution in [1.82, 2.24) is 10.3 Å². The summed E-state index contributed by atoms with van der Waals surface area (Å²) in [7, 11) is 0. The van der Waals surface area contributed by atoms with Gasteiger partial charge < -0.3 is 10.1 Å². The lowest BCUT2D eigenvalue weighted by Crippen LogP contribution is -2.16. The number of ether oxygens (including phenoxy) is 1. The minimum Gasteiger partial charge on any atom is -0.489 e. The highest BCUT2D eigenvalue weighted by Crippen LogP contribution is 2.26. The van der Waals surface area contributed by atoms with Crippen LogP contribution in [0.5, 0.6) is 5.75 Å². The molecule has 1 N–H and O–H groups in total. The lowest BCUT2D eigenvalue weighted by Gasteiger charge is -2.12. The van der Waals surface area contributed by atoms with Crippen molar-refractivity contribution < 1.29 is 4.74 Å². The van der Waals surface area contributed by atoms with Gasteiger partial charge in [-0.1, -0.05) is 22.0 Å². The molecule has 0 unspecified atom stereocenters. The average molecular weight is 333 g/mol. The quantitative estimate of drug-likeness (QED) is 0.876. The third-order valence-corrected chi connectivity index (χ3v) is 3.79. The highest BCUT2D eigenvalue weighted by atomic mass is 79.9. The standard InChI is InChI=1S/C16H17BrN2O/c17-14-3-6-16(13(8-14)10-19-15-4-5-15)20-11-12-2-1-7-18-9-12/h1-3,6-9,15,19H,4-5,10-11H2. The number of hydrogen-bond acceptors (Lipinski definition) is 3. The fraction of sp³-hybridized carbons (Fsp3) is 0.312. The number of benzene rings is 1. The maximum atomic E-state index is 5.93. The molecule has 4 heteroatoms. The third-order valence-electron chi connectivity index (χ3n) is 3.30. The van der Waals surface area contributed by atoms with Gasteiger partial charge in [-0.2, -0.15) is 0 Å². The number of aromatic nitrogens is 1. The Kier molecular flexibility index (Phi) is 4.33. The zero-order chi connectivity index (χ0) is 13.8. The van der Waals surface area contributed by atoms with Gasteiger partial charge in [0.05, 0.1) is 0 Å². The van der Waals surface area contributed by atoms with E-state index < -0.39 is 0 Å². The monoisotopic (exact) mass is 332 g/mol. The van der Waals surface area contributed by atoms with Gasteiger partial charge in [-0.05, 0) is 37.1 Å². The van der Waals surface area contributed by atoms with E-state index in [1.54, 1.807) is 6.20 Å². The SMILES string of the molecule is Brc1ccc(OCc2cccnc2)c(CNC2CC2)c1. The molecule has 0 bridgehead atoms. The van der Waals surface area contributed by atoms with E-state index in [4.69, 9.17) is 4.74 Å². The smallest absolute Gasteiger partial charge is 0.124 e. The van der Waals surface area contributed by atoms with Gasteiger partial charge in [0.15, 0.2) is 0 Å². The summed E-state index contributed by atoms with van der Waals surface area (Å²) in [6.45, 7) is 1.40. The maximum Gasteiger partial charge on any atom is 0.124 e. The highest BCUT2D eigenvalue weighted by Gasteiger charge is 2.20. The summed E-state index contributed by atoms with van der Waals surface area (Å²) in [5, 5.41) is 3.53. The Bertz CT molecular complexity index is 570. The molecule has 104 valence electrons. The molecule has 3 nitrogen and oxygen atoms in total. The molecule has 0 aliphatic heterocycles. The van der Waals surface area contributed by atoms with Crippen LogP contribution in [-0.2, 0) is 13.2 Å². The Hall–Kier alpha value is -1.39. The van der Waals surface area contributed by atoms with Crippen molar-refractivity contribution in [2.24, 2.45) is 0 Å². The van der Waals surface area contributed by atoms with Gasteiger partial charge in [0.1, 0.15) is 12.4 Å². The fourth-order valence-electron chi connectivity index (χ4n) is 2.01. The van der Waals surface area contributed by atoms with Crippen molar-refractivity contribution in [2.45, 2.75) is 32.0 Å². The van der Waals surface area contributed by atoms with Gasteiger partial charge in [-0.25, -0.2) is 0 Å². The van der Waals surface area contributed by atoms with Crippen LogP contribution in [0.2, 0.25) is 0 Å². The van der Waals surface area contributed by atoms with Crippen LogP contribution in [0.15, 0.2) is 47.2 Å². The van der Waals surface area contributed by atoms with E-state index in [0.717, 1.165) is 22.3 Å². The Morgan fingerprint density at radius 1 is 1.30 bits per heavy atom. The van der Waals surface area contributed by atoms with Gasteiger partial charge in [-0.3, -0.25) is 4.98 Å². The summed E-state index contributed by atoms with van der Waals surface area (Å²) in [4.78, 5) is 4.10. The molecule has 3 rings (SSSR count). The van der Waals surface area contributed by atoms with E-state index in [0.29, 0.717) is 12.6 Å². The second-order valence-corrected chi connectivity index (χ2v) is 5.97. The van der Waals surface area contributed by atoms with Crippen molar-refractivity contribution in [3.63, 3.8) is 0 Å². The van der Waals surface area contributed by atoms with E-state index >= 15 is 0 Å². The van der Waals surface area contributed by atoms with Crippen LogP contribution < -0.4 is 10.1 Å². The number of hydrogen-bond donors (Lipinski definition) is 1. The number of pyridine rings is 1. The molecule has 1 aliphatic carbocycles. The van der Waals surface area contributed by atoms with Crippen molar-refractivity contribution >= 4 is 15.9 Å². The summed E-state index contributed by atoms with van der Waals surface area (Å²) >= 11 is 3.52. The molecule has 0 atom stereocenters. The summed E-state index contributed by atoms with van der Waals surface area (Å²) in [6, 6.07) is 10.8. The molecular weight excluding hydrogens is 316 g/mol. The minimum atomic E-state index is 0.548. The normalized spacial score (nSPS) is 14.2. The predicted octanol–water partition coefficient (Wildman–Crippen LogP) is 3.68. The molecule has 0 spiro atoms. The lowest BCUT2D eigenvalue weighted by molar-refractivity contribution is 0.301. The van der Waals surface area contributed by atoms with E-state index in [1.807, 2.05) is 30.5 Å². The van der Waals surface area contributed by atoms with Crippen molar-refractivity contribution in [2.75, 3.05) is 0 Å². The summed E-state index contributed by atoms with van der Waals surface area (Å²) < 4.78 is 7.01. The van der Waals surface area contributed by atoms with Gasteiger partial charge in [0, 0.05) is 40.6 Å². The summed E-state index contributed by atoms with van der Waals surface area (Å²) in [6.07, 6.45) is 6.19. The van der Waals surface area contributed by atoms with E-state index in [2.05, 4.69) is 32.3 Å². The molecule has 20 heavy (non-hydrogen) atoms. The first-order chi connectivity index (χ1) is 9.81. The van der Waals surface area contributed by atoms with Crippen LogP contribution in [0.25, 0.3) is 0 Å². The maximum absolute atomic E-state index is 5.93. The van der Waals surface area contributed by atoms with Crippen molar-refractivity contribution in [3.8, 4) is 5.75 Å².